The summed E-state index contributed by atoms with van der Waals surface area (Å²) in [7, 11) is 0. The summed E-state index contributed by atoms with van der Waals surface area (Å²) in [6, 6.07) is 4.48. The van der Waals surface area contributed by atoms with E-state index in [1.807, 2.05) is 4.90 Å². The van der Waals surface area contributed by atoms with Crippen molar-refractivity contribution in [3.63, 3.8) is 0 Å². The Kier molecular flexibility index (Phi) is 3.49. The van der Waals surface area contributed by atoms with Gasteiger partial charge in [-0.25, -0.2) is 0 Å². The molecule has 1 fully saturated rings. The van der Waals surface area contributed by atoms with E-state index in [1.165, 1.54) is 12.1 Å². The van der Waals surface area contributed by atoms with E-state index in [0.29, 0.717) is 24.5 Å². The van der Waals surface area contributed by atoms with Crippen molar-refractivity contribution in [2.24, 2.45) is 5.84 Å². The highest BCUT2D eigenvalue weighted by Crippen LogP contribution is 2.31. The molecule has 1 aromatic carbocycles. The summed E-state index contributed by atoms with van der Waals surface area (Å²) < 4.78 is 0. The molecule has 0 saturated carbocycles. The number of hydrazine groups is 1. The van der Waals surface area contributed by atoms with Crippen LogP contribution in [0.2, 0.25) is 0 Å². The molecule has 0 radical (unpaired) electrons. The van der Waals surface area contributed by atoms with Gasteiger partial charge < -0.3 is 15.6 Å². The molecule has 20 heavy (non-hydrogen) atoms. The summed E-state index contributed by atoms with van der Waals surface area (Å²) in [6.45, 7) is 4.62. The molecule has 1 saturated heterocycles. The molecule has 0 unspecified atom stereocenters. The summed E-state index contributed by atoms with van der Waals surface area (Å²) in [5.41, 5.74) is 2.57. The van der Waals surface area contributed by atoms with Gasteiger partial charge in [0.25, 0.3) is 5.69 Å². The van der Waals surface area contributed by atoms with Crippen LogP contribution in [0.5, 0.6) is 0 Å². The minimum atomic E-state index is -0.778. The molecule has 8 heteroatoms. The molecule has 0 atom stereocenters. The highest BCUT2D eigenvalue weighted by Gasteiger charge is 2.38. The average Bonchev–Trinajstić information content (AvgIpc) is 2.41. The van der Waals surface area contributed by atoms with Crippen LogP contribution in [0.15, 0.2) is 18.2 Å². The Bertz CT molecular complexity index is 558. The minimum absolute atomic E-state index is 0.0720. The quantitative estimate of drug-likeness (QED) is 0.424. The Labute approximate surface area is 116 Å². The van der Waals surface area contributed by atoms with Crippen molar-refractivity contribution in [3.8, 4) is 0 Å². The van der Waals surface area contributed by atoms with Crippen LogP contribution < -0.4 is 21.5 Å². The molecule has 1 aliphatic heterocycles. The molecule has 1 amide bonds. The van der Waals surface area contributed by atoms with Crippen LogP contribution in [-0.4, -0.2) is 29.5 Å². The number of nitro benzene ring substituents is 1. The Morgan fingerprint density at radius 2 is 2.15 bits per heavy atom. The first-order chi connectivity index (χ1) is 9.36. The first-order valence-electron chi connectivity index (χ1n) is 6.18. The van der Waals surface area contributed by atoms with Gasteiger partial charge in [0.05, 0.1) is 10.6 Å². The number of nitrogens with one attached hydrogen (secondary N) is 2. The van der Waals surface area contributed by atoms with Gasteiger partial charge in [-0.05, 0) is 19.9 Å². The Morgan fingerprint density at radius 3 is 2.75 bits per heavy atom. The molecule has 4 N–H and O–H groups in total. The number of amides is 1. The monoisotopic (exact) mass is 279 g/mol. The lowest BCUT2D eigenvalue weighted by Crippen LogP contribution is -2.62. The largest absolute Gasteiger partial charge is 0.355 e. The number of non-ortho nitro benzene ring substituents is 1. The van der Waals surface area contributed by atoms with Crippen molar-refractivity contribution in [1.29, 1.82) is 0 Å². The molecule has 1 aliphatic rings. The topological polar surface area (TPSA) is 114 Å². The number of carbonyl (C=O) groups is 1. The first-order valence-corrected chi connectivity index (χ1v) is 6.18. The maximum absolute atomic E-state index is 11.9. The molecule has 2 rings (SSSR count). The van der Waals surface area contributed by atoms with E-state index >= 15 is 0 Å². The molecule has 0 spiro atoms. The van der Waals surface area contributed by atoms with E-state index in [0.717, 1.165) is 0 Å². The number of hydrogen-bond donors (Lipinski definition) is 3. The van der Waals surface area contributed by atoms with Crippen molar-refractivity contribution >= 4 is 23.0 Å². The molecule has 0 aliphatic carbocycles. The van der Waals surface area contributed by atoms with Gasteiger partial charge in [-0.2, -0.15) is 0 Å². The van der Waals surface area contributed by atoms with Gasteiger partial charge in [-0.1, -0.05) is 0 Å². The summed E-state index contributed by atoms with van der Waals surface area (Å²) >= 11 is 0. The SMILES string of the molecule is CC1(C)C(=O)NCCN1c1cc(NN)cc([N+](=O)[O-])c1. The van der Waals surface area contributed by atoms with Gasteiger partial charge in [0.1, 0.15) is 5.54 Å². The highest BCUT2D eigenvalue weighted by molar-refractivity contribution is 5.90. The highest BCUT2D eigenvalue weighted by atomic mass is 16.6. The molecule has 108 valence electrons. The molecule has 1 heterocycles. The fourth-order valence-electron chi connectivity index (χ4n) is 2.29. The number of piperazine rings is 1. The number of hydrogen-bond acceptors (Lipinski definition) is 6. The Hall–Kier alpha value is -2.35. The van der Waals surface area contributed by atoms with Crippen LogP contribution in [0.4, 0.5) is 17.1 Å². The number of anilines is 2. The molecular weight excluding hydrogens is 262 g/mol. The van der Waals surface area contributed by atoms with Crippen molar-refractivity contribution < 1.29 is 9.72 Å². The smallest absolute Gasteiger partial charge is 0.273 e. The summed E-state index contributed by atoms with van der Waals surface area (Å²) in [6.07, 6.45) is 0. The fourth-order valence-corrected chi connectivity index (χ4v) is 2.29. The number of nitrogens with zero attached hydrogens (tertiary/aromatic N) is 2. The lowest BCUT2D eigenvalue weighted by molar-refractivity contribution is -0.384. The number of benzene rings is 1. The first kappa shape index (κ1) is 14.1. The summed E-state index contributed by atoms with van der Waals surface area (Å²) in [4.78, 5) is 24.3. The van der Waals surface area contributed by atoms with E-state index in [2.05, 4.69) is 10.7 Å². The van der Waals surface area contributed by atoms with Crippen LogP contribution >= 0.6 is 0 Å². The second-order valence-corrected chi connectivity index (χ2v) is 5.11. The standard InChI is InChI=1S/C12H17N5O3/c1-12(2)11(18)14-3-4-16(12)9-5-8(15-13)6-10(7-9)17(19)20/h5-7,15H,3-4,13H2,1-2H3,(H,14,18). The maximum Gasteiger partial charge on any atom is 0.273 e. The predicted octanol–water partition coefficient (Wildman–Crippen LogP) is 0.595. The number of nitro groups is 1. The van der Waals surface area contributed by atoms with Crippen LogP contribution in [0.3, 0.4) is 0 Å². The van der Waals surface area contributed by atoms with E-state index in [4.69, 9.17) is 5.84 Å². The van der Waals surface area contributed by atoms with Crippen molar-refractivity contribution in [2.75, 3.05) is 23.4 Å². The van der Waals surface area contributed by atoms with E-state index in [1.54, 1.807) is 19.9 Å². The molecule has 0 aromatic heterocycles. The van der Waals surface area contributed by atoms with Gasteiger partial charge in [0, 0.05) is 30.9 Å². The van der Waals surface area contributed by atoms with Crippen molar-refractivity contribution in [1.82, 2.24) is 5.32 Å². The van der Waals surface area contributed by atoms with Gasteiger partial charge in [-0.15, -0.1) is 0 Å². The van der Waals surface area contributed by atoms with Gasteiger partial charge in [0.15, 0.2) is 0 Å². The zero-order chi connectivity index (χ0) is 14.9. The van der Waals surface area contributed by atoms with Crippen LogP contribution in [-0.2, 0) is 4.79 Å². The lowest BCUT2D eigenvalue weighted by Gasteiger charge is -2.42. The zero-order valence-corrected chi connectivity index (χ0v) is 11.3. The van der Waals surface area contributed by atoms with E-state index in [9.17, 15) is 14.9 Å². The third-order valence-corrected chi connectivity index (χ3v) is 3.44. The minimum Gasteiger partial charge on any atom is -0.355 e. The third kappa shape index (κ3) is 2.37. The van der Waals surface area contributed by atoms with Crippen molar-refractivity contribution in [2.45, 2.75) is 19.4 Å². The van der Waals surface area contributed by atoms with Crippen LogP contribution in [0.25, 0.3) is 0 Å². The van der Waals surface area contributed by atoms with Gasteiger partial charge in [0.2, 0.25) is 5.91 Å². The summed E-state index contributed by atoms with van der Waals surface area (Å²) in [5, 5.41) is 13.8. The number of carbonyl (C=O) groups excluding carboxylic acids is 1. The molecular formula is C12H17N5O3. The maximum atomic E-state index is 11.9. The van der Waals surface area contributed by atoms with E-state index < -0.39 is 10.5 Å². The molecule has 0 bridgehead atoms. The lowest BCUT2D eigenvalue weighted by atomic mass is 9.97. The van der Waals surface area contributed by atoms with Crippen LogP contribution in [0, 0.1) is 10.1 Å². The molecule has 8 nitrogen and oxygen atoms in total. The van der Waals surface area contributed by atoms with Gasteiger partial charge in [-0.3, -0.25) is 20.8 Å². The molecule has 1 aromatic rings. The number of nitrogen functional groups attached to an aromatic ring is 1. The second-order valence-electron chi connectivity index (χ2n) is 5.11. The second kappa shape index (κ2) is 4.97. The Morgan fingerprint density at radius 1 is 1.45 bits per heavy atom. The predicted molar refractivity (Wildman–Crippen MR) is 75.3 cm³/mol. The average molecular weight is 279 g/mol. The van der Waals surface area contributed by atoms with Crippen LogP contribution in [0.1, 0.15) is 13.8 Å². The fraction of sp³-hybridized carbons (Fsp3) is 0.417. The van der Waals surface area contributed by atoms with E-state index in [-0.39, 0.29) is 11.6 Å². The number of rotatable bonds is 3. The third-order valence-electron chi connectivity index (χ3n) is 3.44. The normalized spacial score (nSPS) is 17.6. The number of nitrogens with two attached hydrogens (primary N) is 1. The Balaban J connectivity index is 2.48. The zero-order valence-electron chi connectivity index (χ0n) is 11.3. The summed E-state index contributed by atoms with van der Waals surface area (Å²) in [5.74, 6) is 5.23. The van der Waals surface area contributed by atoms with Gasteiger partial charge >= 0.3 is 0 Å². The van der Waals surface area contributed by atoms with Crippen molar-refractivity contribution in [3.05, 3.63) is 28.3 Å².